The molecular weight excluding hydrogens is 463 g/mol. The molecule has 0 radical (unpaired) electrons. The first-order valence-electron chi connectivity index (χ1n) is 11.4. The van der Waals surface area contributed by atoms with Crippen molar-refractivity contribution in [2.75, 3.05) is 18.0 Å². The number of nitrogens with one attached hydrogen (secondary N) is 2. The molecule has 35 heavy (non-hydrogen) atoms. The summed E-state index contributed by atoms with van der Waals surface area (Å²) in [5.41, 5.74) is 3.04. The standard InChI is InChI=1S/C24H24F3N5O3/c1-14-3-2-4-18-21(14)23(22(34)32(18)12-19(33)28-13-24(25,26)27)9-7-15(8-10-23)35-20-6-5-16-17(30-20)11-29-31-16/h2-6,11,15H,7-10,12-13H2,1H3,(H,28,33)(H,29,31). The Balaban J connectivity index is 1.33. The predicted octanol–water partition coefficient (Wildman–Crippen LogP) is 3.55. The van der Waals surface area contributed by atoms with E-state index in [4.69, 9.17) is 4.74 Å². The van der Waals surface area contributed by atoms with Gasteiger partial charge in [0.2, 0.25) is 17.7 Å². The summed E-state index contributed by atoms with van der Waals surface area (Å²) < 4.78 is 43.7. The Hall–Kier alpha value is -3.63. The lowest BCUT2D eigenvalue weighted by Gasteiger charge is -2.36. The molecule has 2 aromatic heterocycles. The van der Waals surface area contributed by atoms with E-state index in [2.05, 4.69) is 15.2 Å². The number of H-pyrrole nitrogens is 1. The van der Waals surface area contributed by atoms with Crippen LogP contribution in [0.25, 0.3) is 11.0 Å². The van der Waals surface area contributed by atoms with Crippen molar-refractivity contribution in [3.63, 3.8) is 0 Å². The number of pyridine rings is 1. The zero-order chi connectivity index (χ0) is 24.8. The largest absolute Gasteiger partial charge is 0.474 e. The molecule has 2 amide bonds. The number of benzene rings is 1. The van der Waals surface area contributed by atoms with Crippen LogP contribution in [0.4, 0.5) is 18.9 Å². The minimum absolute atomic E-state index is 0.137. The van der Waals surface area contributed by atoms with Crippen molar-refractivity contribution < 1.29 is 27.5 Å². The Morgan fingerprint density at radius 2 is 2.03 bits per heavy atom. The monoisotopic (exact) mass is 487 g/mol. The van der Waals surface area contributed by atoms with E-state index in [0.29, 0.717) is 42.8 Å². The van der Waals surface area contributed by atoms with Gasteiger partial charge in [0, 0.05) is 11.8 Å². The van der Waals surface area contributed by atoms with Crippen molar-refractivity contribution in [3.8, 4) is 5.88 Å². The van der Waals surface area contributed by atoms with Gasteiger partial charge in [0.1, 0.15) is 24.7 Å². The van der Waals surface area contributed by atoms with Crippen LogP contribution in [0, 0.1) is 6.92 Å². The van der Waals surface area contributed by atoms with Gasteiger partial charge < -0.3 is 15.0 Å². The Kier molecular flexibility index (Phi) is 5.65. The third-order valence-corrected chi connectivity index (χ3v) is 6.81. The van der Waals surface area contributed by atoms with Crippen LogP contribution in [0.15, 0.2) is 36.5 Å². The van der Waals surface area contributed by atoms with Crippen molar-refractivity contribution in [1.82, 2.24) is 20.5 Å². The van der Waals surface area contributed by atoms with Gasteiger partial charge in [0.05, 0.1) is 17.1 Å². The molecule has 8 nitrogen and oxygen atoms in total. The first kappa shape index (κ1) is 23.1. The van der Waals surface area contributed by atoms with Gasteiger partial charge in [-0.3, -0.25) is 14.7 Å². The highest BCUT2D eigenvalue weighted by Crippen LogP contribution is 2.51. The maximum atomic E-state index is 13.7. The van der Waals surface area contributed by atoms with Crippen LogP contribution in [0.5, 0.6) is 5.88 Å². The van der Waals surface area contributed by atoms with Crippen LogP contribution in [0.3, 0.4) is 0 Å². The number of hydrogen-bond acceptors (Lipinski definition) is 5. The molecule has 0 unspecified atom stereocenters. The lowest BCUT2D eigenvalue weighted by molar-refractivity contribution is -0.138. The normalized spacial score (nSPS) is 22.0. The van der Waals surface area contributed by atoms with E-state index in [-0.39, 0.29) is 12.0 Å². The van der Waals surface area contributed by atoms with E-state index < -0.39 is 30.6 Å². The average Bonchev–Trinajstić information content (AvgIpc) is 3.37. The number of rotatable bonds is 5. The highest BCUT2D eigenvalue weighted by atomic mass is 19.4. The summed E-state index contributed by atoms with van der Waals surface area (Å²) in [7, 11) is 0. The van der Waals surface area contributed by atoms with Gasteiger partial charge in [-0.25, -0.2) is 4.98 Å². The predicted molar refractivity (Wildman–Crippen MR) is 121 cm³/mol. The molecule has 5 rings (SSSR count). The maximum absolute atomic E-state index is 13.7. The van der Waals surface area contributed by atoms with Crippen molar-refractivity contribution in [3.05, 3.63) is 47.7 Å². The summed E-state index contributed by atoms with van der Waals surface area (Å²) in [5, 5.41) is 8.66. The van der Waals surface area contributed by atoms with Crippen molar-refractivity contribution in [1.29, 1.82) is 0 Å². The quantitative estimate of drug-likeness (QED) is 0.574. The number of fused-ring (bicyclic) bond motifs is 3. The number of anilines is 1. The van der Waals surface area contributed by atoms with Gasteiger partial charge in [-0.05, 0) is 55.9 Å². The Labute approximate surface area is 198 Å². The van der Waals surface area contributed by atoms with Crippen LogP contribution < -0.4 is 15.0 Å². The van der Waals surface area contributed by atoms with Crippen molar-refractivity contribution in [2.45, 2.75) is 50.3 Å². The molecule has 11 heteroatoms. The summed E-state index contributed by atoms with van der Waals surface area (Å²) in [5.74, 6) is -0.615. The summed E-state index contributed by atoms with van der Waals surface area (Å²) in [4.78, 5) is 31.7. The van der Waals surface area contributed by atoms with Crippen LogP contribution in [0.1, 0.15) is 36.8 Å². The van der Waals surface area contributed by atoms with Gasteiger partial charge in [0.25, 0.3) is 0 Å². The lowest BCUT2D eigenvalue weighted by atomic mass is 9.68. The molecule has 1 fully saturated rings. The number of alkyl halides is 3. The Morgan fingerprint density at radius 3 is 2.77 bits per heavy atom. The van der Waals surface area contributed by atoms with Crippen molar-refractivity contribution >= 4 is 28.5 Å². The van der Waals surface area contributed by atoms with E-state index in [1.807, 2.05) is 24.4 Å². The molecule has 1 saturated carbocycles. The number of ether oxygens (including phenoxy) is 1. The molecule has 184 valence electrons. The third-order valence-electron chi connectivity index (χ3n) is 6.81. The zero-order valence-corrected chi connectivity index (χ0v) is 19.0. The van der Waals surface area contributed by atoms with Gasteiger partial charge in [0.15, 0.2) is 0 Å². The number of aryl methyl sites for hydroxylation is 1. The number of carbonyl (C=O) groups is 2. The summed E-state index contributed by atoms with van der Waals surface area (Å²) in [6.45, 7) is 0.0206. The number of hydrogen-bond donors (Lipinski definition) is 2. The molecule has 1 spiro atoms. The first-order valence-corrected chi connectivity index (χ1v) is 11.4. The van der Waals surface area contributed by atoms with E-state index in [9.17, 15) is 22.8 Å². The molecule has 2 aliphatic rings. The van der Waals surface area contributed by atoms with Crippen LogP contribution >= 0.6 is 0 Å². The first-order chi connectivity index (χ1) is 16.7. The van der Waals surface area contributed by atoms with E-state index in [0.717, 1.165) is 16.6 Å². The second-order valence-corrected chi connectivity index (χ2v) is 9.10. The molecule has 0 bridgehead atoms. The van der Waals surface area contributed by atoms with E-state index >= 15 is 0 Å². The maximum Gasteiger partial charge on any atom is 0.405 e. The number of carbonyl (C=O) groups excluding carboxylic acids is 2. The molecule has 1 aliphatic heterocycles. The van der Waals surface area contributed by atoms with Crippen LogP contribution in [0.2, 0.25) is 0 Å². The smallest absolute Gasteiger partial charge is 0.405 e. The van der Waals surface area contributed by atoms with Crippen molar-refractivity contribution in [2.24, 2.45) is 0 Å². The fraction of sp³-hybridized carbons (Fsp3) is 0.417. The summed E-state index contributed by atoms with van der Waals surface area (Å²) in [6.07, 6.45) is -0.838. The van der Waals surface area contributed by atoms with Gasteiger partial charge in [-0.1, -0.05) is 12.1 Å². The van der Waals surface area contributed by atoms with Crippen LogP contribution in [-0.2, 0) is 15.0 Å². The molecule has 1 aliphatic carbocycles. The molecule has 0 saturated heterocycles. The number of aromatic nitrogens is 3. The average molecular weight is 487 g/mol. The molecule has 3 heterocycles. The molecule has 3 aromatic rings. The summed E-state index contributed by atoms with van der Waals surface area (Å²) in [6, 6.07) is 9.06. The van der Waals surface area contributed by atoms with Gasteiger partial charge >= 0.3 is 6.18 Å². The Bertz CT molecular complexity index is 1280. The lowest BCUT2D eigenvalue weighted by Crippen LogP contribution is -2.48. The molecule has 0 atom stereocenters. The van der Waals surface area contributed by atoms with E-state index in [1.54, 1.807) is 24.4 Å². The van der Waals surface area contributed by atoms with Crippen LogP contribution in [-0.4, -0.2) is 52.4 Å². The minimum atomic E-state index is -4.52. The SMILES string of the molecule is Cc1cccc2c1C1(CCC(Oc3ccc4[nH]ncc4n3)CC1)C(=O)N2CC(=O)NCC(F)(F)F. The number of amides is 2. The Morgan fingerprint density at radius 1 is 1.26 bits per heavy atom. The number of halogens is 3. The molecular formula is C24H24F3N5O3. The topological polar surface area (TPSA) is 100 Å². The number of aromatic amines is 1. The third kappa shape index (κ3) is 4.30. The highest BCUT2D eigenvalue weighted by molar-refractivity contribution is 6.11. The second kappa shape index (κ2) is 8.54. The molecule has 2 N–H and O–H groups in total. The summed E-state index contributed by atoms with van der Waals surface area (Å²) >= 11 is 0. The van der Waals surface area contributed by atoms with Gasteiger partial charge in [-0.15, -0.1) is 0 Å². The highest BCUT2D eigenvalue weighted by Gasteiger charge is 2.53. The van der Waals surface area contributed by atoms with Gasteiger partial charge in [-0.2, -0.15) is 18.3 Å². The molecule has 1 aromatic carbocycles. The fourth-order valence-corrected chi connectivity index (χ4v) is 5.24. The minimum Gasteiger partial charge on any atom is -0.474 e. The number of nitrogens with zero attached hydrogens (tertiary/aromatic N) is 3. The fourth-order valence-electron chi connectivity index (χ4n) is 5.24. The van der Waals surface area contributed by atoms with E-state index in [1.165, 1.54) is 4.90 Å². The second-order valence-electron chi connectivity index (χ2n) is 9.10. The zero-order valence-electron chi connectivity index (χ0n) is 19.0.